The zero-order valence-corrected chi connectivity index (χ0v) is 14.4. The van der Waals surface area contributed by atoms with E-state index >= 15 is 0 Å². The number of halogens is 3. The number of benzene rings is 3. The Labute approximate surface area is 151 Å². The number of alkyl halides is 1. The first-order valence-electron chi connectivity index (χ1n) is 8.50. The predicted molar refractivity (Wildman–Crippen MR) is 97.8 cm³/mol. The number of rotatable bonds is 6. The highest BCUT2D eigenvalue weighted by atomic mass is 19.2. The van der Waals surface area contributed by atoms with Crippen molar-refractivity contribution in [1.82, 2.24) is 0 Å². The van der Waals surface area contributed by atoms with E-state index in [-0.39, 0.29) is 5.56 Å². The molecule has 0 aliphatic carbocycles. The molecule has 0 N–H and O–H groups in total. The van der Waals surface area contributed by atoms with Crippen molar-refractivity contribution in [3.8, 4) is 28.0 Å². The van der Waals surface area contributed by atoms with Crippen LogP contribution in [0, 0.1) is 11.6 Å². The maximum absolute atomic E-state index is 14.2. The molecular formula is C22H19F3O. The Balaban J connectivity index is 1.87. The number of hydrogen-bond acceptors (Lipinski definition) is 1. The quantitative estimate of drug-likeness (QED) is 0.486. The van der Waals surface area contributed by atoms with Gasteiger partial charge in [-0.2, -0.15) is 4.39 Å². The molecule has 0 fully saturated rings. The summed E-state index contributed by atoms with van der Waals surface area (Å²) in [6.45, 7) is 0.937. The van der Waals surface area contributed by atoms with Gasteiger partial charge in [-0.15, -0.1) is 0 Å². The van der Waals surface area contributed by atoms with Crippen LogP contribution < -0.4 is 4.74 Å². The lowest BCUT2D eigenvalue weighted by molar-refractivity contribution is 0.182. The Morgan fingerprint density at radius 2 is 1.31 bits per heavy atom. The van der Waals surface area contributed by atoms with Gasteiger partial charge in [0.15, 0.2) is 11.6 Å². The molecule has 0 radical (unpaired) electrons. The van der Waals surface area contributed by atoms with E-state index in [1.165, 1.54) is 17.7 Å². The summed E-state index contributed by atoms with van der Waals surface area (Å²) in [7, 11) is 0. The zero-order chi connectivity index (χ0) is 18.5. The maximum Gasteiger partial charge on any atom is 0.228 e. The standard InChI is InChI=1S/C22H19F3O/c1-2-3-15-4-6-16(7-5-15)17-8-10-18(11-9-17)19-12-13-20(26-14-23)22(25)21(19)24/h4-13H,2-3,14H2,1H3. The molecule has 3 aromatic rings. The molecule has 0 aliphatic rings. The third-order valence-electron chi connectivity index (χ3n) is 4.28. The summed E-state index contributed by atoms with van der Waals surface area (Å²) in [6, 6.07) is 18.2. The first-order valence-corrected chi connectivity index (χ1v) is 8.50. The van der Waals surface area contributed by atoms with Gasteiger partial charge >= 0.3 is 0 Å². The summed E-state index contributed by atoms with van der Waals surface area (Å²) >= 11 is 0. The summed E-state index contributed by atoms with van der Waals surface area (Å²) in [6.07, 6.45) is 2.15. The van der Waals surface area contributed by atoms with Crippen LogP contribution in [0.4, 0.5) is 13.2 Å². The largest absolute Gasteiger partial charge is 0.460 e. The summed E-state index contributed by atoms with van der Waals surface area (Å²) in [4.78, 5) is 0. The van der Waals surface area contributed by atoms with Crippen LogP contribution in [0.1, 0.15) is 18.9 Å². The van der Waals surface area contributed by atoms with Crippen LogP contribution in [0.25, 0.3) is 22.3 Å². The van der Waals surface area contributed by atoms with Gasteiger partial charge in [-0.05, 0) is 40.8 Å². The lowest BCUT2D eigenvalue weighted by Crippen LogP contribution is -1.97. The second-order valence-corrected chi connectivity index (χ2v) is 6.02. The lowest BCUT2D eigenvalue weighted by Gasteiger charge is -2.09. The van der Waals surface area contributed by atoms with E-state index in [0.29, 0.717) is 5.56 Å². The highest BCUT2D eigenvalue weighted by molar-refractivity contribution is 5.71. The number of hydrogen-bond donors (Lipinski definition) is 0. The van der Waals surface area contributed by atoms with Crippen molar-refractivity contribution in [2.45, 2.75) is 19.8 Å². The van der Waals surface area contributed by atoms with Crippen LogP contribution in [-0.2, 0) is 6.42 Å². The summed E-state index contributed by atoms with van der Waals surface area (Å²) in [5.41, 5.74) is 4.00. The Morgan fingerprint density at radius 3 is 1.88 bits per heavy atom. The second-order valence-electron chi connectivity index (χ2n) is 6.02. The van der Waals surface area contributed by atoms with Gasteiger partial charge in [0.05, 0.1) is 0 Å². The van der Waals surface area contributed by atoms with Crippen molar-refractivity contribution in [3.63, 3.8) is 0 Å². The molecule has 0 bridgehead atoms. The minimum atomic E-state index is -1.21. The Kier molecular flexibility index (Phi) is 5.61. The van der Waals surface area contributed by atoms with Gasteiger partial charge in [-0.1, -0.05) is 61.9 Å². The highest BCUT2D eigenvalue weighted by Crippen LogP contribution is 2.31. The molecule has 0 aromatic heterocycles. The molecule has 0 spiro atoms. The van der Waals surface area contributed by atoms with Gasteiger partial charge < -0.3 is 4.74 Å². The van der Waals surface area contributed by atoms with Crippen LogP contribution in [0.2, 0.25) is 0 Å². The fourth-order valence-corrected chi connectivity index (χ4v) is 2.92. The minimum Gasteiger partial charge on any atom is -0.460 e. The monoisotopic (exact) mass is 356 g/mol. The fourth-order valence-electron chi connectivity index (χ4n) is 2.92. The van der Waals surface area contributed by atoms with Gasteiger partial charge in [-0.25, -0.2) is 8.78 Å². The van der Waals surface area contributed by atoms with E-state index < -0.39 is 24.2 Å². The molecule has 134 valence electrons. The molecule has 0 atom stereocenters. The second kappa shape index (κ2) is 8.09. The normalized spacial score (nSPS) is 10.8. The Morgan fingerprint density at radius 1 is 0.731 bits per heavy atom. The Bertz CT molecular complexity index is 871. The van der Waals surface area contributed by atoms with Crippen LogP contribution in [0.15, 0.2) is 60.7 Å². The van der Waals surface area contributed by atoms with Gasteiger partial charge in [0.2, 0.25) is 12.7 Å². The van der Waals surface area contributed by atoms with Crippen LogP contribution in [0.5, 0.6) is 5.75 Å². The number of ether oxygens (including phenoxy) is 1. The van der Waals surface area contributed by atoms with Crippen molar-refractivity contribution in [3.05, 3.63) is 77.9 Å². The van der Waals surface area contributed by atoms with Crippen LogP contribution in [0.3, 0.4) is 0 Å². The predicted octanol–water partition coefficient (Wildman–Crippen LogP) is 6.56. The highest BCUT2D eigenvalue weighted by Gasteiger charge is 2.15. The van der Waals surface area contributed by atoms with E-state index in [0.717, 1.165) is 24.0 Å². The van der Waals surface area contributed by atoms with E-state index in [1.54, 1.807) is 12.1 Å². The zero-order valence-electron chi connectivity index (χ0n) is 14.4. The van der Waals surface area contributed by atoms with Crippen LogP contribution in [-0.4, -0.2) is 6.86 Å². The molecule has 0 saturated heterocycles. The first-order chi connectivity index (χ1) is 12.6. The van der Waals surface area contributed by atoms with E-state index in [4.69, 9.17) is 0 Å². The van der Waals surface area contributed by atoms with E-state index in [9.17, 15) is 13.2 Å². The van der Waals surface area contributed by atoms with Crippen molar-refractivity contribution in [2.75, 3.05) is 6.86 Å². The van der Waals surface area contributed by atoms with Crippen molar-refractivity contribution < 1.29 is 17.9 Å². The van der Waals surface area contributed by atoms with Crippen molar-refractivity contribution in [1.29, 1.82) is 0 Å². The third kappa shape index (κ3) is 3.74. The van der Waals surface area contributed by atoms with E-state index in [1.807, 2.05) is 12.1 Å². The molecule has 0 heterocycles. The molecule has 0 saturated carbocycles. The van der Waals surface area contributed by atoms with Crippen molar-refractivity contribution >= 4 is 0 Å². The van der Waals surface area contributed by atoms with Gasteiger partial charge in [-0.3, -0.25) is 0 Å². The summed E-state index contributed by atoms with van der Waals surface area (Å²) in [5, 5.41) is 0. The molecule has 0 unspecified atom stereocenters. The molecule has 4 heteroatoms. The minimum absolute atomic E-state index is 0.110. The molecule has 3 rings (SSSR count). The molecule has 1 nitrogen and oxygen atoms in total. The molecule has 0 aliphatic heterocycles. The maximum atomic E-state index is 14.2. The van der Waals surface area contributed by atoms with Gasteiger partial charge in [0.1, 0.15) is 0 Å². The molecule has 26 heavy (non-hydrogen) atoms. The SMILES string of the molecule is CCCc1ccc(-c2ccc(-c3ccc(OCF)c(F)c3F)cc2)cc1. The molecular weight excluding hydrogens is 337 g/mol. The smallest absolute Gasteiger partial charge is 0.228 e. The lowest BCUT2D eigenvalue weighted by atomic mass is 9.98. The van der Waals surface area contributed by atoms with E-state index in [2.05, 4.69) is 35.9 Å². The van der Waals surface area contributed by atoms with Gasteiger partial charge in [0.25, 0.3) is 0 Å². The first kappa shape index (κ1) is 18.1. The molecule has 3 aromatic carbocycles. The third-order valence-corrected chi connectivity index (χ3v) is 4.28. The topological polar surface area (TPSA) is 9.23 Å². The van der Waals surface area contributed by atoms with Crippen LogP contribution >= 0.6 is 0 Å². The average molecular weight is 356 g/mol. The molecule has 0 amide bonds. The average Bonchev–Trinajstić information content (AvgIpc) is 2.67. The van der Waals surface area contributed by atoms with Gasteiger partial charge in [0, 0.05) is 5.56 Å². The summed E-state index contributed by atoms with van der Waals surface area (Å²) in [5.74, 6) is -2.67. The fraction of sp³-hybridized carbons (Fsp3) is 0.182. The van der Waals surface area contributed by atoms with Crippen molar-refractivity contribution in [2.24, 2.45) is 0 Å². The Hall–Kier alpha value is -2.75. The summed E-state index contributed by atoms with van der Waals surface area (Å²) < 4.78 is 44.8. The number of aryl methyl sites for hydroxylation is 1.